The van der Waals surface area contributed by atoms with Gasteiger partial charge in [0.15, 0.2) is 0 Å². The summed E-state index contributed by atoms with van der Waals surface area (Å²) in [4.78, 5) is 7.40. The minimum atomic E-state index is -3.74. The van der Waals surface area contributed by atoms with Crippen molar-refractivity contribution in [1.82, 2.24) is 14.4 Å². The smallest absolute Gasteiger partial charge is 0.276 e. The van der Waals surface area contributed by atoms with E-state index in [-0.39, 0.29) is 4.90 Å². The van der Waals surface area contributed by atoms with Crippen molar-refractivity contribution in [3.8, 4) is 11.4 Å². The molecule has 0 radical (unpaired) electrons. The zero-order valence-electron chi connectivity index (χ0n) is 16.7. The molecule has 3 aromatic carbocycles. The number of hydrazone groups is 1. The fraction of sp³-hybridized carbons (Fsp3) is 0.130. The van der Waals surface area contributed by atoms with Crippen molar-refractivity contribution in [2.24, 2.45) is 5.10 Å². The first-order chi connectivity index (χ1) is 14.9. The molecule has 0 amide bonds. The lowest BCUT2D eigenvalue weighted by molar-refractivity contribution is 0.584. The SMILES string of the molecule is Cc1ccc(S(=O)(=O)N/N=C2\CCn3c(-c4ccc(Cl)cc4)nc4cccc2c43)cc1. The van der Waals surface area contributed by atoms with Crippen LogP contribution in [0.1, 0.15) is 17.5 Å². The second kappa shape index (κ2) is 7.51. The van der Waals surface area contributed by atoms with Crippen LogP contribution in [-0.2, 0) is 16.6 Å². The van der Waals surface area contributed by atoms with Crippen molar-refractivity contribution in [1.29, 1.82) is 0 Å². The number of nitrogens with zero attached hydrogens (tertiary/aromatic N) is 3. The number of para-hydroxylation sites is 1. The molecule has 0 aliphatic carbocycles. The van der Waals surface area contributed by atoms with Gasteiger partial charge in [-0.15, -0.1) is 0 Å². The van der Waals surface area contributed by atoms with Crippen LogP contribution in [0.4, 0.5) is 0 Å². The average Bonchev–Trinajstić information content (AvgIpc) is 3.14. The van der Waals surface area contributed by atoms with Gasteiger partial charge in [0.25, 0.3) is 10.0 Å². The summed E-state index contributed by atoms with van der Waals surface area (Å²) in [6.45, 7) is 2.56. The largest absolute Gasteiger partial charge is 0.323 e. The van der Waals surface area contributed by atoms with E-state index in [2.05, 4.69) is 14.5 Å². The first-order valence-electron chi connectivity index (χ1n) is 9.83. The molecule has 1 aliphatic heterocycles. The summed E-state index contributed by atoms with van der Waals surface area (Å²) in [6, 6.07) is 20.1. The van der Waals surface area contributed by atoms with E-state index in [1.54, 1.807) is 24.3 Å². The van der Waals surface area contributed by atoms with Gasteiger partial charge in [0.1, 0.15) is 5.82 Å². The van der Waals surface area contributed by atoms with Gasteiger partial charge in [-0.25, -0.2) is 4.98 Å². The van der Waals surface area contributed by atoms with Crippen LogP contribution in [0.25, 0.3) is 22.4 Å². The van der Waals surface area contributed by atoms with Crippen molar-refractivity contribution in [3.05, 3.63) is 82.9 Å². The quantitative estimate of drug-likeness (QED) is 0.456. The first-order valence-corrected chi connectivity index (χ1v) is 11.7. The van der Waals surface area contributed by atoms with E-state index < -0.39 is 10.0 Å². The Labute approximate surface area is 185 Å². The molecule has 4 aromatic rings. The Kier molecular flexibility index (Phi) is 4.79. The van der Waals surface area contributed by atoms with Crippen molar-refractivity contribution in [2.75, 3.05) is 0 Å². The van der Waals surface area contributed by atoms with Crippen LogP contribution in [-0.4, -0.2) is 23.7 Å². The number of hydrogen-bond donors (Lipinski definition) is 1. The van der Waals surface area contributed by atoms with Crippen LogP contribution in [0.2, 0.25) is 5.02 Å². The van der Waals surface area contributed by atoms with Gasteiger partial charge in [-0.05, 0) is 49.4 Å². The minimum Gasteiger partial charge on any atom is -0.323 e. The highest BCUT2D eigenvalue weighted by atomic mass is 35.5. The van der Waals surface area contributed by atoms with Crippen LogP contribution in [0, 0.1) is 6.92 Å². The number of halogens is 1. The predicted molar refractivity (Wildman–Crippen MR) is 123 cm³/mol. The molecule has 0 unspecified atom stereocenters. The highest BCUT2D eigenvalue weighted by Gasteiger charge is 2.23. The summed E-state index contributed by atoms with van der Waals surface area (Å²) in [5, 5.41) is 4.97. The monoisotopic (exact) mass is 450 g/mol. The lowest BCUT2D eigenvalue weighted by atomic mass is 10.0. The van der Waals surface area contributed by atoms with Crippen LogP contribution in [0.5, 0.6) is 0 Å². The molecule has 6 nitrogen and oxygen atoms in total. The van der Waals surface area contributed by atoms with Gasteiger partial charge in [0.2, 0.25) is 0 Å². The molecule has 0 bridgehead atoms. The Hall–Kier alpha value is -3.16. The Morgan fingerprint density at radius 3 is 2.52 bits per heavy atom. The molecule has 8 heteroatoms. The summed E-state index contributed by atoms with van der Waals surface area (Å²) in [5.74, 6) is 0.860. The van der Waals surface area contributed by atoms with E-state index in [0.29, 0.717) is 23.7 Å². The highest BCUT2D eigenvalue weighted by Crippen LogP contribution is 2.32. The lowest BCUT2D eigenvalue weighted by Crippen LogP contribution is -2.23. The number of aromatic nitrogens is 2. The van der Waals surface area contributed by atoms with Gasteiger partial charge in [0, 0.05) is 29.1 Å². The Morgan fingerprint density at radius 1 is 1.03 bits per heavy atom. The molecule has 1 N–H and O–H groups in total. The molecule has 0 saturated carbocycles. The van der Waals surface area contributed by atoms with E-state index in [1.807, 2.05) is 49.4 Å². The molecular formula is C23H19ClN4O2S. The third-order valence-corrected chi connectivity index (χ3v) is 6.86. The highest BCUT2D eigenvalue weighted by molar-refractivity contribution is 7.89. The third-order valence-electron chi connectivity index (χ3n) is 5.38. The second-order valence-electron chi connectivity index (χ2n) is 7.48. The summed E-state index contributed by atoms with van der Waals surface area (Å²) in [7, 11) is -3.74. The normalized spacial score (nSPS) is 14.8. The Morgan fingerprint density at radius 2 is 1.77 bits per heavy atom. The Bertz CT molecular complexity index is 1420. The summed E-state index contributed by atoms with van der Waals surface area (Å²) in [5.41, 5.74) is 5.34. The van der Waals surface area contributed by atoms with Crippen LogP contribution >= 0.6 is 11.6 Å². The molecule has 0 spiro atoms. The van der Waals surface area contributed by atoms with Gasteiger partial charge in [0.05, 0.1) is 21.6 Å². The van der Waals surface area contributed by atoms with E-state index in [9.17, 15) is 8.42 Å². The zero-order valence-corrected chi connectivity index (χ0v) is 18.3. The molecule has 0 saturated heterocycles. The molecule has 1 aromatic heterocycles. The fourth-order valence-corrected chi connectivity index (χ4v) is 4.77. The summed E-state index contributed by atoms with van der Waals surface area (Å²) < 4.78 is 27.4. The standard InChI is InChI=1S/C23H19ClN4O2S/c1-15-5-11-18(12-6-15)31(29,30)27-26-20-13-14-28-22-19(20)3-2-4-21(22)25-23(28)16-7-9-17(24)10-8-16/h2-12,27H,13-14H2,1H3/b26-20+. The molecule has 0 atom stereocenters. The van der Waals surface area contributed by atoms with Crippen LogP contribution in [0.3, 0.4) is 0 Å². The van der Waals surface area contributed by atoms with Gasteiger partial charge in [-0.3, -0.25) is 0 Å². The second-order valence-corrected chi connectivity index (χ2v) is 9.58. The molecule has 0 fully saturated rings. The molecular weight excluding hydrogens is 432 g/mol. The van der Waals surface area contributed by atoms with E-state index in [0.717, 1.165) is 33.5 Å². The lowest BCUT2D eigenvalue weighted by Gasteiger charge is -2.19. The number of rotatable bonds is 4. The van der Waals surface area contributed by atoms with Crippen LogP contribution in [0.15, 0.2) is 76.7 Å². The number of aryl methyl sites for hydroxylation is 2. The molecule has 5 rings (SSSR count). The molecule has 2 heterocycles. The number of nitrogens with one attached hydrogen (secondary N) is 1. The average molecular weight is 451 g/mol. The number of sulfonamides is 1. The van der Waals surface area contributed by atoms with Crippen LogP contribution < -0.4 is 4.83 Å². The molecule has 156 valence electrons. The Balaban J connectivity index is 1.54. The van der Waals surface area contributed by atoms with Gasteiger partial charge < -0.3 is 4.57 Å². The first kappa shape index (κ1) is 19.8. The van der Waals surface area contributed by atoms with Gasteiger partial charge >= 0.3 is 0 Å². The van der Waals surface area contributed by atoms with E-state index in [4.69, 9.17) is 16.6 Å². The molecule has 1 aliphatic rings. The minimum absolute atomic E-state index is 0.187. The number of benzene rings is 3. The summed E-state index contributed by atoms with van der Waals surface area (Å²) >= 11 is 6.03. The van der Waals surface area contributed by atoms with Gasteiger partial charge in [-0.2, -0.15) is 18.4 Å². The predicted octanol–water partition coefficient (Wildman–Crippen LogP) is 4.75. The topological polar surface area (TPSA) is 76.3 Å². The third kappa shape index (κ3) is 3.60. The maximum atomic E-state index is 12.6. The van der Waals surface area contributed by atoms with Crippen molar-refractivity contribution in [2.45, 2.75) is 24.8 Å². The number of hydrogen-bond acceptors (Lipinski definition) is 4. The maximum absolute atomic E-state index is 12.6. The van der Waals surface area contributed by atoms with E-state index >= 15 is 0 Å². The molecule has 31 heavy (non-hydrogen) atoms. The van der Waals surface area contributed by atoms with Gasteiger partial charge in [-0.1, -0.05) is 41.4 Å². The van der Waals surface area contributed by atoms with Crippen molar-refractivity contribution in [3.63, 3.8) is 0 Å². The zero-order chi connectivity index (χ0) is 21.6. The van der Waals surface area contributed by atoms with E-state index in [1.165, 1.54) is 0 Å². The van der Waals surface area contributed by atoms with Crippen molar-refractivity contribution < 1.29 is 8.42 Å². The maximum Gasteiger partial charge on any atom is 0.276 e. The number of imidazole rings is 1. The fourth-order valence-electron chi connectivity index (χ4n) is 3.81. The van der Waals surface area contributed by atoms with Crippen molar-refractivity contribution >= 4 is 38.4 Å². The summed E-state index contributed by atoms with van der Waals surface area (Å²) in [6.07, 6.45) is 0.583.